The Hall–Kier alpha value is -9.18. The van der Waals surface area contributed by atoms with Crippen LogP contribution in [-0.4, -0.2) is 9.13 Å². The number of anilines is 3. The number of nitrogens with zero attached hydrogens (tertiary/aromatic N) is 3. The lowest BCUT2D eigenvalue weighted by Gasteiger charge is -2.30. The normalized spacial score (nSPS) is 11.5. The van der Waals surface area contributed by atoms with E-state index in [4.69, 9.17) is 0 Å². The molecular formula is C66H45N3. The van der Waals surface area contributed by atoms with Gasteiger partial charge in [0.2, 0.25) is 0 Å². The average molecular weight is 880 g/mol. The first-order chi connectivity index (χ1) is 34.3. The van der Waals surface area contributed by atoms with Gasteiger partial charge in [-0.3, -0.25) is 0 Å². The first kappa shape index (κ1) is 40.1. The highest BCUT2D eigenvalue weighted by Crippen LogP contribution is 2.49. The maximum Gasteiger partial charge on any atom is 0.0561 e. The molecule has 0 amide bonds. The van der Waals surface area contributed by atoms with Gasteiger partial charge in [-0.05, 0) is 112 Å². The zero-order valence-corrected chi connectivity index (χ0v) is 37.8. The van der Waals surface area contributed by atoms with Crippen molar-refractivity contribution >= 4 is 60.7 Å². The Morgan fingerprint density at radius 1 is 0.246 bits per heavy atom. The van der Waals surface area contributed by atoms with Crippen molar-refractivity contribution in [3.63, 3.8) is 0 Å². The van der Waals surface area contributed by atoms with Crippen molar-refractivity contribution in [2.45, 2.75) is 0 Å². The van der Waals surface area contributed by atoms with E-state index in [0.717, 1.165) is 56.2 Å². The minimum absolute atomic E-state index is 1.06. The highest BCUT2D eigenvalue weighted by molar-refractivity contribution is 6.12. The van der Waals surface area contributed by atoms with Crippen LogP contribution < -0.4 is 4.90 Å². The molecule has 0 unspecified atom stereocenters. The molecule has 324 valence electrons. The molecule has 0 radical (unpaired) electrons. The van der Waals surface area contributed by atoms with Crippen LogP contribution in [0.2, 0.25) is 0 Å². The number of rotatable bonds is 9. The van der Waals surface area contributed by atoms with E-state index >= 15 is 0 Å². The molecule has 0 spiro atoms. The second kappa shape index (κ2) is 16.9. The van der Waals surface area contributed by atoms with Crippen LogP contribution in [0.25, 0.3) is 99.5 Å². The molecule has 0 aliphatic heterocycles. The maximum absolute atomic E-state index is 2.47. The Morgan fingerprint density at radius 3 is 1.29 bits per heavy atom. The first-order valence-electron chi connectivity index (χ1n) is 23.7. The van der Waals surface area contributed by atoms with Gasteiger partial charge in [0.15, 0.2) is 0 Å². The Morgan fingerprint density at radius 2 is 0.681 bits per heavy atom. The molecule has 2 aromatic heterocycles. The largest absolute Gasteiger partial charge is 0.310 e. The zero-order chi connectivity index (χ0) is 45.7. The van der Waals surface area contributed by atoms with Gasteiger partial charge in [-0.2, -0.15) is 0 Å². The monoisotopic (exact) mass is 879 g/mol. The lowest BCUT2D eigenvalue weighted by Crippen LogP contribution is -2.12. The van der Waals surface area contributed by atoms with Crippen LogP contribution in [0.4, 0.5) is 17.1 Å². The third-order valence-corrected chi connectivity index (χ3v) is 13.7. The van der Waals surface area contributed by atoms with Gasteiger partial charge in [-0.25, -0.2) is 0 Å². The van der Waals surface area contributed by atoms with Gasteiger partial charge in [0.05, 0.1) is 27.8 Å². The smallest absolute Gasteiger partial charge is 0.0561 e. The van der Waals surface area contributed by atoms with Crippen molar-refractivity contribution < 1.29 is 0 Å². The van der Waals surface area contributed by atoms with E-state index in [1.807, 2.05) is 0 Å². The summed E-state index contributed by atoms with van der Waals surface area (Å²) in [6.45, 7) is 0. The Labute approximate surface area is 401 Å². The van der Waals surface area contributed by atoms with E-state index in [1.54, 1.807) is 0 Å². The van der Waals surface area contributed by atoms with Gasteiger partial charge in [0, 0.05) is 49.9 Å². The number of para-hydroxylation sites is 4. The fourth-order valence-electron chi connectivity index (χ4n) is 10.6. The Balaban J connectivity index is 1.05. The van der Waals surface area contributed by atoms with Crippen LogP contribution in [0.1, 0.15) is 0 Å². The number of hydrogen-bond acceptors (Lipinski definition) is 1. The van der Waals surface area contributed by atoms with Gasteiger partial charge in [0.1, 0.15) is 0 Å². The predicted octanol–water partition coefficient (Wildman–Crippen LogP) is 18.0. The Kier molecular flexibility index (Phi) is 9.84. The fourth-order valence-corrected chi connectivity index (χ4v) is 10.6. The van der Waals surface area contributed by atoms with Crippen LogP contribution in [0.3, 0.4) is 0 Å². The van der Waals surface area contributed by atoms with E-state index in [1.165, 1.54) is 60.3 Å². The minimum atomic E-state index is 1.06. The third-order valence-electron chi connectivity index (χ3n) is 13.7. The van der Waals surface area contributed by atoms with Crippen molar-refractivity contribution in [1.82, 2.24) is 9.13 Å². The molecule has 3 nitrogen and oxygen atoms in total. The summed E-state index contributed by atoms with van der Waals surface area (Å²) >= 11 is 0. The molecule has 13 aromatic rings. The standard InChI is InChI=1S/C66H45N3/c1-5-20-47(21-6-1)54-28-13-14-31-60(54)66-55(48-22-7-2-8-23-48)32-19-35-63(66)67(53-41-43-59-57-30-16-18-34-62(57)69(65(59)45-53)51-26-11-4-12-27-51)52-39-36-46(37-40-52)49-38-42-58-56-29-15-17-33-61(56)68(64(58)44-49)50-24-9-3-10-25-50/h1-45H. The lowest BCUT2D eigenvalue weighted by atomic mass is 9.87. The van der Waals surface area contributed by atoms with E-state index in [0.29, 0.717) is 0 Å². The average Bonchev–Trinajstić information content (AvgIpc) is 3.94. The second-order valence-corrected chi connectivity index (χ2v) is 17.7. The molecule has 0 fully saturated rings. The van der Waals surface area contributed by atoms with Crippen LogP contribution >= 0.6 is 0 Å². The Bertz CT molecular complexity index is 3980. The predicted molar refractivity (Wildman–Crippen MR) is 292 cm³/mol. The summed E-state index contributed by atoms with van der Waals surface area (Å²) in [4.78, 5) is 2.47. The van der Waals surface area contributed by atoms with Crippen molar-refractivity contribution in [1.29, 1.82) is 0 Å². The summed E-state index contributed by atoms with van der Waals surface area (Å²) in [7, 11) is 0. The summed E-state index contributed by atoms with van der Waals surface area (Å²) in [5.41, 5.74) is 19.5. The maximum atomic E-state index is 2.47. The van der Waals surface area contributed by atoms with Gasteiger partial charge in [0.25, 0.3) is 0 Å². The molecule has 0 bridgehead atoms. The summed E-state index contributed by atoms with van der Waals surface area (Å²) in [6, 6.07) is 99.3. The number of fused-ring (bicyclic) bond motifs is 6. The molecule has 0 aliphatic rings. The number of aromatic nitrogens is 2. The van der Waals surface area contributed by atoms with Crippen molar-refractivity contribution in [3.8, 4) is 55.9 Å². The van der Waals surface area contributed by atoms with Crippen molar-refractivity contribution in [3.05, 3.63) is 273 Å². The van der Waals surface area contributed by atoms with E-state index in [-0.39, 0.29) is 0 Å². The zero-order valence-electron chi connectivity index (χ0n) is 37.8. The molecule has 11 aromatic carbocycles. The van der Waals surface area contributed by atoms with Gasteiger partial charge in [-0.1, -0.05) is 200 Å². The molecular weight excluding hydrogens is 835 g/mol. The molecule has 0 N–H and O–H groups in total. The molecule has 0 saturated carbocycles. The fraction of sp³-hybridized carbons (Fsp3) is 0. The molecule has 3 heteroatoms. The van der Waals surface area contributed by atoms with Crippen LogP contribution in [0.15, 0.2) is 273 Å². The first-order valence-corrected chi connectivity index (χ1v) is 23.7. The van der Waals surface area contributed by atoms with E-state index in [9.17, 15) is 0 Å². The summed E-state index contributed by atoms with van der Waals surface area (Å²) in [6.07, 6.45) is 0. The highest BCUT2D eigenvalue weighted by Gasteiger charge is 2.24. The second-order valence-electron chi connectivity index (χ2n) is 17.7. The van der Waals surface area contributed by atoms with Gasteiger partial charge < -0.3 is 14.0 Å². The summed E-state index contributed by atoms with van der Waals surface area (Å²) in [5, 5.41) is 4.93. The molecule has 0 saturated heterocycles. The van der Waals surface area contributed by atoms with Crippen LogP contribution in [0, 0.1) is 0 Å². The molecule has 13 rings (SSSR count). The van der Waals surface area contributed by atoms with Gasteiger partial charge in [-0.15, -0.1) is 0 Å². The topological polar surface area (TPSA) is 13.1 Å². The molecule has 69 heavy (non-hydrogen) atoms. The van der Waals surface area contributed by atoms with Crippen molar-refractivity contribution in [2.75, 3.05) is 4.90 Å². The number of benzene rings is 11. The highest BCUT2D eigenvalue weighted by atomic mass is 15.1. The molecule has 2 heterocycles. The minimum Gasteiger partial charge on any atom is -0.310 e. The third kappa shape index (κ3) is 6.91. The van der Waals surface area contributed by atoms with Crippen LogP contribution in [-0.2, 0) is 0 Å². The van der Waals surface area contributed by atoms with E-state index in [2.05, 4.69) is 287 Å². The van der Waals surface area contributed by atoms with Gasteiger partial charge >= 0.3 is 0 Å². The number of hydrogen-bond donors (Lipinski definition) is 0. The molecule has 0 aliphatic carbocycles. The van der Waals surface area contributed by atoms with Crippen molar-refractivity contribution in [2.24, 2.45) is 0 Å². The summed E-state index contributed by atoms with van der Waals surface area (Å²) < 4.78 is 4.80. The van der Waals surface area contributed by atoms with E-state index < -0.39 is 0 Å². The lowest BCUT2D eigenvalue weighted by molar-refractivity contribution is 1.18. The SMILES string of the molecule is c1ccc(-c2ccccc2-c2c(-c3ccccc3)cccc2N(c2ccc(-c3ccc4c5ccccc5n(-c5ccccc5)c4c3)cc2)c2ccc3c4ccccc4n(-c4ccccc4)c3c2)cc1. The van der Waals surface area contributed by atoms with Crippen LogP contribution in [0.5, 0.6) is 0 Å². The quantitative estimate of drug-likeness (QED) is 0.141. The molecule has 0 atom stereocenters. The summed E-state index contributed by atoms with van der Waals surface area (Å²) in [5.74, 6) is 0.